The summed E-state index contributed by atoms with van der Waals surface area (Å²) in [6.07, 6.45) is 1.77. The van der Waals surface area contributed by atoms with Crippen molar-refractivity contribution in [3.05, 3.63) is 0 Å². The first-order valence-corrected chi connectivity index (χ1v) is 6.20. The summed E-state index contributed by atoms with van der Waals surface area (Å²) in [4.78, 5) is 11.8. The van der Waals surface area contributed by atoms with E-state index in [-0.39, 0.29) is 12.0 Å². The fraction of sp³-hybridized carbons (Fsp3) is 0.917. The summed E-state index contributed by atoms with van der Waals surface area (Å²) >= 11 is 0. The summed E-state index contributed by atoms with van der Waals surface area (Å²) in [7, 11) is 0. The molecule has 2 unspecified atom stereocenters. The highest BCUT2D eigenvalue weighted by Crippen LogP contribution is 2.13. The lowest BCUT2D eigenvalue weighted by Gasteiger charge is -2.26. The second-order valence-corrected chi connectivity index (χ2v) is 5.19. The molecule has 2 atom stereocenters. The van der Waals surface area contributed by atoms with Gasteiger partial charge < -0.3 is 20.5 Å². The van der Waals surface area contributed by atoms with Crippen molar-refractivity contribution < 1.29 is 14.3 Å². The highest BCUT2D eigenvalue weighted by Gasteiger charge is 2.24. The molecule has 1 aliphatic rings. The predicted molar refractivity (Wildman–Crippen MR) is 65.7 cm³/mol. The second kappa shape index (κ2) is 6.33. The number of carbonyl (C=O) groups excluding carboxylic acids is 1. The SMILES string of the molecule is CC(OCC1CCCO1)C(=O)NC(C)(C)CN. The minimum absolute atomic E-state index is 0.126. The van der Waals surface area contributed by atoms with Crippen molar-refractivity contribution in [2.24, 2.45) is 5.73 Å². The van der Waals surface area contributed by atoms with E-state index in [1.54, 1.807) is 6.92 Å². The Bertz CT molecular complexity index is 250. The van der Waals surface area contributed by atoms with Gasteiger partial charge in [-0.3, -0.25) is 4.79 Å². The van der Waals surface area contributed by atoms with E-state index >= 15 is 0 Å². The lowest BCUT2D eigenvalue weighted by atomic mass is 10.1. The number of amides is 1. The predicted octanol–water partition coefficient (Wildman–Crippen LogP) is 0.424. The highest BCUT2D eigenvalue weighted by molar-refractivity contribution is 5.81. The Balaban J connectivity index is 2.26. The summed E-state index contributed by atoms with van der Waals surface area (Å²) in [5, 5.41) is 2.85. The molecule has 1 fully saturated rings. The smallest absolute Gasteiger partial charge is 0.249 e. The molecule has 5 heteroatoms. The second-order valence-electron chi connectivity index (χ2n) is 5.19. The third-order valence-electron chi connectivity index (χ3n) is 2.90. The van der Waals surface area contributed by atoms with Gasteiger partial charge in [-0.1, -0.05) is 0 Å². The molecule has 100 valence electrons. The van der Waals surface area contributed by atoms with Gasteiger partial charge in [0.25, 0.3) is 0 Å². The first kappa shape index (κ1) is 14.4. The minimum atomic E-state index is -0.468. The molecule has 0 bridgehead atoms. The Kier molecular flexibility index (Phi) is 5.36. The maximum Gasteiger partial charge on any atom is 0.249 e. The zero-order valence-corrected chi connectivity index (χ0v) is 11.0. The molecule has 1 saturated heterocycles. The van der Waals surface area contributed by atoms with E-state index in [0.717, 1.165) is 19.4 Å². The van der Waals surface area contributed by atoms with Crippen LogP contribution in [-0.2, 0) is 14.3 Å². The summed E-state index contributed by atoms with van der Waals surface area (Å²) in [6, 6.07) is 0. The number of hydrogen-bond donors (Lipinski definition) is 2. The molecule has 1 amide bonds. The van der Waals surface area contributed by atoms with Crippen LogP contribution in [0.1, 0.15) is 33.6 Å². The van der Waals surface area contributed by atoms with E-state index in [0.29, 0.717) is 13.2 Å². The average molecular weight is 244 g/mol. The van der Waals surface area contributed by atoms with Crippen LogP contribution >= 0.6 is 0 Å². The third kappa shape index (κ3) is 5.02. The molecule has 0 saturated carbocycles. The van der Waals surface area contributed by atoms with Crippen molar-refractivity contribution in [2.45, 2.75) is 51.4 Å². The Morgan fingerprint density at radius 1 is 1.65 bits per heavy atom. The molecule has 0 radical (unpaired) electrons. The maximum absolute atomic E-state index is 11.8. The normalized spacial score (nSPS) is 22.5. The van der Waals surface area contributed by atoms with Gasteiger partial charge in [-0.25, -0.2) is 0 Å². The van der Waals surface area contributed by atoms with Gasteiger partial charge in [0.1, 0.15) is 6.10 Å². The maximum atomic E-state index is 11.8. The summed E-state index contributed by atoms with van der Waals surface area (Å²) in [6.45, 7) is 7.20. The lowest BCUT2D eigenvalue weighted by Crippen LogP contribution is -2.52. The van der Waals surface area contributed by atoms with Crippen molar-refractivity contribution in [1.29, 1.82) is 0 Å². The molecule has 0 aromatic heterocycles. The van der Waals surface area contributed by atoms with E-state index in [1.165, 1.54) is 0 Å². The van der Waals surface area contributed by atoms with E-state index in [1.807, 2.05) is 13.8 Å². The van der Waals surface area contributed by atoms with Gasteiger partial charge in [-0.05, 0) is 33.6 Å². The van der Waals surface area contributed by atoms with Crippen LogP contribution in [0, 0.1) is 0 Å². The summed E-state index contributed by atoms with van der Waals surface area (Å²) in [5.74, 6) is -0.126. The van der Waals surface area contributed by atoms with Crippen LogP contribution in [-0.4, -0.2) is 43.4 Å². The summed E-state index contributed by atoms with van der Waals surface area (Å²) in [5.41, 5.74) is 5.16. The topological polar surface area (TPSA) is 73.6 Å². The number of carbonyl (C=O) groups is 1. The molecule has 0 aromatic rings. The molecular weight excluding hydrogens is 220 g/mol. The zero-order valence-electron chi connectivity index (χ0n) is 11.0. The van der Waals surface area contributed by atoms with Crippen LogP contribution < -0.4 is 11.1 Å². The molecule has 1 aliphatic heterocycles. The quantitative estimate of drug-likeness (QED) is 0.710. The lowest BCUT2D eigenvalue weighted by molar-refractivity contribution is -0.135. The fourth-order valence-corrected chi connectivity index (χ4v) is 1.59. The third-order valence-corrected chi connectivity index (χ3v) is 2.90. The molecule has 5 nitrogen and oxygen atoms in total. The molecular formula is C12H24N2O3. The van der Waals surface area contributed by atoms with E-state index in [9.17, 15) is 4.79 Å². The van der Waals surface area contributed by atoms with Crippen LogP contribution in [0.2, 0.25) is 0 Å². The van der Waals surface area contributed by atoms with E-state index in [2.05, 4.69) is 5.32 Å². The number of nitrogens with one attached hydrogen (secondary N) is 1. The number of hydrogen-bond acceptors (Lipinski definition) is 4. The minimum Gasteiger partial charge on any atom is -0.376 e. The number of rotatable bonds is 6. The first-order chi connectivity index (χ1) is 7.94. The van der Waals surface area contributed by atoms with Crippen molar-refractivity contribution in [3.63, 3.8) is 0 Å². The largest absolute Gasteiger partial charge is 0.376 e. The number of nitrogens with two attached hydrogens (primary N) is 1. The zero-order chi connectivity index (χ0) is 12.9. The molecule has 0 aliphatic carbocycles. The van der Waals surface area contributed by atoms with Gasteiger partial charge in [0.15, 0.2) is 0 Å². The van der Waals surface area contributed by atoms with Gasteiger partial charge in [-0.15, -0.1) is 0 Å². The van der Waals surface area contributed by atoms with Crippen LogP contribution in [0.25, 0.3) is 0 Å². The Morgan fingerprint density at radius 3 is 2.88 bits per heavy atom. The monoisotopic (exact) mass is 244 g/mol. The van der Waals surface area contributed by atoms with Crippen molar-refractivity contribution in [2.75, 3.05) is 19.8 Å². The Morgan fingerprint density at radius 2 is 2.35 bits per heavy atom. The molecule has 0 aromatic carbocycles. The van der Waals surface area contributed by atoms with Crippen molar-refractivity contribution in [3.8, 4) is 0 Å². The highest BCUT2D eigenvalue weighted by atomic mass is 16.5. The van der Waals surface area contributed by atoms with Gasteiger partial charge in [-0.2, -0.15) is 0 Å². The van der Waals surface area contributed by atoms with Crippen molar-refractivity contribution >= 4 is 5.91 Å². The van der Waals surface area contributed by atoms with Gasteiger partial charge in [0, 0.05) is 18.7 Å². The van der Waals surface area contributed by atoms with E-state index < -0.39 is 11.6 Å². The fourth-order valence-electron chi connectivity index (χ4n) is 1.59. The van der Waals surface area contributed by atoms with Gasteiger partial charge in [0.05, 0.1) is 12.7 Å². The molecule has 0 spiro atoms. The molecule has 1 heterocycles. The van der Waals surface area contributed by atoms with E-state index in [4.69, 9.17) is 15.2 Å². The average Bonchev–Trinajstić information content (AvgIpc) is 2.78. The molecule has 1 rings (SSSR count). The van der Waals surface area contributed by atoms with Crippen LogP contribution in [0.3, 0.4) is 0 Å². The first-order valence-electron chi connectivity index (χ1n) is 6.20. The number of ether oxygens (including phenoxy) is 2. The van der Waals surface area contributed by atoms with Crippen LogP contribution in [0.15, 0.2) is 0 Å². The summed E-state index contributed by atoms with van der Waals surface area (Å²) < 4.78 is 10.9. The van der Waals surface area contributed by atoms with Crippen LogP contribution in [0.4, 0.5) is 0 Å². The van der Waals surface area contributed by atoms with Crippen LogP contribution in [0.5, 0.6) is 0 Å². The van der Waals surface area contributed by atoms with Gasteiger partial charge >= 0.3 is 0 Å². The molecule has 3 N–H and O–H groups in total. The van der Waals surface area contributed by atoms with Gasteiger partial charge in [0.2, 0.25) is 5.91 Å². The standard InChI is InChI=1S/C12H24N2O3/c1-9(11(15)14-12(2,3)8-13)17-7-10-5-4-6-16-10/h9-10H,4-8,13H2,1-3H3,(H,14,15). The molecule has 17 heavy (non-hydrogen) atoms. The Labute approximate surface area is 103 Å². The Hall–Kier alpha value is -0.650. The van der Waals surface area contributed by atoms with Crippen molar-refractivity contribution in [1.82, 2.24) is 5.32 Å².